The first kappa shape index (κ1) is 18.0. The maximum Gasteiger partial charge on any atom is 0.291 e. The number of nitrogens with one attached hydrogen (secondary N) is 1. The molecule has 27 heavy (non-hydrogen) atoms. The van der Waals surface area contributed by atoms with E-state index in [-0.39, 0.29) is 39.5 Å². The lowest BCUT2D eigenvalue weighted by Crippen LogP contribution is -2.19. The van der Waals surface area contributed by atoms with Gasteiger partial charge in [-0.1, -0.05) is 12.1 Å². The second kappa shape index (κ2) is 7.20. The second-order valence-electron chi connectivity index (χ2n) is 5.54. The zero-order chi connectivity index (χ0) is 19.6. The molecule has 8 nitrogen and oxygen atoms in total. The molecule has 0 aliphatic rings. The Morgan fingerprint density at radius 2 is 1.70 bits per heavy atom. The summed E-state index contributed by atoms with van der Waals surface area (Å²) >= 11 is 0. The Balaban J connectivity index is 2.03. The Morgan fingerprint density at radius 1 is 1.04 bits per heavy atom. The smallest absolute Gasteiger partial charge is 0.291 e. The molecule has 8 heteroatoms. The van der Waals surface area contributed by atoms with Gasteiger partial charge in [-0.25, -0.2) is 0 Å². The van der Waals surface area contributed by atoms with Crippen LogP contribution in [0.2, 0.25) is 0 Å². The molecule has 1 heterocycles. The van der Waals surface area contributed by atoms with Crippen LogP contribution in [-0.2, 0) is 0 Å². The zero-order valence-corrected chi connectivity index (χ0v) is 14.6. The van der Waals surface area contributed by atoms with Gasteiger partial charge < -0.3 is 24.9 Å². The third-order valence-electron chi connectivity index (χ3n) is 3.90. The molecule has 0 saturated carbocycles. The van der Waals surface area contributed by atoms with Crippen LogP contribution in [0.3, 0.4) is 0 Å². The average molecular weight is 368 g/mol. The molecule has 0 aliphatic heterocycles. The number of para-hydroxylation sites is 1. The van der Waals surface area contributed by atoms with Gasteiger partial charge in [0.1, 0.15) is 5.58 Å². The quantitative estimate of drug-likeness (QED) is 0.712. The van der Waals surface area contributed by atoms with Crippen LogP contribution in [0.5, 0.6) is 11.5 Å². The summed E-state index contributed by atoms with van der Waals surface area (Å²) in [6.07, 6.45) is 0. The van der Waals surface area contributed by atoms with E-state index < -0.39 is 11.8 Å². The molecule has 3 N–H and O–H groups in total. The van der Waals surface area contributed by atoms with Gasteiger partial charge in [0.15, 0.2) is 22.7 Å². The summed E-state index contributed by atoms with van der Waals surface area (Å²) < 4.78 is 15.8. The summed E-state index contributed by atoms with van der Waals surface area (Å²) in [6.45, 7) is 0. The summed E-state index contributed by atoms with van der Waals surface area (Å²) in [5.74, 6) is -1.12. The monoisotopic (exact) mass is 368 g/mol. The third-order valence-corrected chi connectivity index (χ3v) is 3.90. The van der Waals surface area contributed by atoms with Gasteiger partial charge in [-0.2, -0.15) is 0 Å². The van der Waals surface area contributed by atoms with Crippen molar-refractivity contribution in [3.05, 3.63) is 64.0 Å². The van der Waals surface area contributed by atoms with E-state index in [1.807, 2.05) is 0 Å². The molecule has 0 unspecified atom stereocenters. The normalized spacial score (nSPS) is 10.4. The van der Waals surface area contributed by atoms with Gasteiger partial charge in [-0.3, -0.25) is 14.4 Å². The molecule has 0 fully saturated rings. The number of carbonyl (C=O) groups excluding carboxylic acids is 2. The van der Waals surface area contributed by atoms with E-state index in [2.05, 4.69) is 5.32 Å². The van der Waals surface area contributed by atoms with Crippen LogP contribution < -0.4 is 26.0 Å². The highest BCUT2D eigenvalue weighted by molar-refractivity contribution is 6.08. The van der Waals surface area contributed by atoms with E-state index in [1.165, 1.54) is 26.4 Å². The SMILES string of the molecule is COc1cc(NC(=O)c2cc(=O)c3ccccc3o2)c(C(N)=O)cc1OC. The molecule has 138 valence electrons. The van der Waals surface area contributed by atoms with Crippen molar-refractivity contribution in [2.45, 2.75) is 0 Å². The lowest BCUT2D eigenvalue weighted by atomic mass is 10.1. The molecule has 0 saturated heterocycles. The topological polar surface area (TPSA) is 121 Å². The number of hydrogen-bond donors (Lipinski definition) is 2. The number of nitrogens with two attached hydrogens (primary N) is 1. The molecule has 0 bridgehead atoms. The molecule has 0 aliphatic carbocycles. The lowest BCUT2D eigenvalue weighted by molar-refractivity contribution is 0.0997. The van der Waals surface area contributed by atoms with Gasteiger partial charge in [-0.15, -0.1) is 0 Å². The van der Waals surface area contributed by atoms with Crippen molar-refractivity contribution in [2.24, 2.45) is 5.73 Å². The summed E-state index contributed by atoms with van der Waals surface area (Å²) in [6, 6.07) is 10.4. The first-order valence-electron chi connectivity index (χ1n) is 7.84. The number of hydrogen-bond acceptors (Lipinski definition) is 6. The molecule has 2 amide bonds. The Kier molecular flexibility index (Phi) is 4.80. The fourth-order valence-corrected chi connectivity index (χ4v) is 2.59. The minimum absolute atomic E-state index is 0.0177. The number of methoxy groups -OCH3 is 2. The lowest BCUT2D eigenvalue weighted by Gasteiger charge is -2.14. The van der Waals surface area contributed by atoms with Gasteiger partial charge in [0.05, 0.1) is 30.9 Å². The minimum Gasteiger partial charge on any atom is -0.493 e. The van der Waals surface area contributed by atoms with Crippen LogP contribution in [-0.4, -0.2) is 26.0 Å². The van der Waals surface area contributed by atoms with E-state index in [0.29, 0.717) is 5.39 Å². The number of rotatable bonds is 5. The molecule has 3 rings (SSSR count). The summed E-state index contributed by atoms with van der Waals surface area (Å²) in [5.41, 5.74) is 5.42. The standard InChI is InChI=1S/C19H16N2O6/c1-25-15-7-11(18(20)23)12(8-16(15)26-2)21-19(24)17-9-13(22)10-5-3-4-6-14(10)27-17/h3-9H,1-2H3,(H2,20,23)(H,21,24). The van der Waals surface area contributed by atoms with Crippen molar-refractivity contribution in [1.29, 1.82) is 0 Å². The number of ether oxygens (including phenoxy) is 2. The number of primary amides is 1. The highest BCUT2D eigenvalue weighted by Crippen LogP contribution is 2.33. The largest absolute Gasteiger partial charge is 0.493 e. The molecular formula is C19H16N2O6. The van der Waals surface area contributed by atoms with Crippen molar-refractivity contribution in [2.75, 3.05) is 19.5 Å². The van der Waals surface area contributed by atoms with Crippen LogP contribution >= 0.6 is 0 Å². The molecule has 3 aromatic rings. The first-order chi connectivity index (χ1) is 12.9. The van der Waals surface area contributed by atoms with Crippen molar-refractivity contribution >= 4 is 28.5 Å². The van der Waals surface area contributed by atoms with Gasteiger partial charge in [-0.05, 0) is 18.2 Å². The van der Waals surface area contributed by atoms with Crippen molar-refractivity contribution in [3.8, 4) is 11.5 Å². The van der Waals surface area contributed by atoms with Crippen molar-refractivity contribution < 1.29 is 23.5 Å². The van der Waals surface area contributed by atoms with E-state index >= 15 is 0 Å². The van der Waals surface area contributed by atoms with Crippen LogP contribution in [0.4, 0.5) is 5.69 Å². The van der Waals surface area contributed by atoms with Crippen molar-refractivity contribution in [3.63, 3.8) is 0 Å². The maximum absolute atomic E-state index is 12.6. The first-order valence-corrected chi connectivity index (χ1v) is 7.84. The Bertz CT molecular complexity index is 1100. The molecule has 0 spiro atoms. The van der Waals surface area contributed by atoms with Crippen LogP contribution in [0.25, 0.3) is 11.0 Å². The number of fused-ring (bicyclic) bond motifs is 1. The van der Waals surface area contributed by atoms with Crippen molar-refractivity contribution in [1.82, 2.24) is 0 Å². The number of amides is 2. The van der Waals surface area contributed by atoms with Crippen LogP contribution in [0.1, 0.15) is 20.9 Å². The molecule has 0 atom stereocenters. The van der Waals surface area contributed by atoms with Gasteiger partial charge >= 0.3 is 0 Å². The van der Waals surface area contributed by atoms with Crippen LogP contribution in [0, 0.1) is 0 Å². The molecule has 2 aromatic carbocycles. The fourth-order valence-electron chi connectivity index (χ4n) is 2.59. The molecule has 0 radical (unpaired) electrons. The number of carbonyl (C=O) groups is 2. The number of anilines is 1. The maximum atomic E-state index is 12.6. The Morgan fingerprint density at radius 3 is 2.37 bits per heavy atom. The van der Waals surface area contributed by atoms with E-state index in [4.69, 9.17) is 19.6 Å². The van der Waals surface area contributed by atoms with Gasteiger partial charge in [0.2, 0.25) is 0 Å². The zero-order valence-electron chi connectivity index (χ0n) is 14.6. The highest BCUT2D eigenvalue weighted by Gasteiger charge is 2.19. The second-order valence-corrected chi connectivity index (χ2v) is 5.54. The van der Waals surface area contributed by atoms with E-state index in [1.54, 1.807) is 24.3 Å². The Hall–Kier alpha value is -3.81. The summed E-state index contributed by atoms with van der Waals surface area (Å²) in [4.78, 5) is 36.5. The molecular weight excluding hydrogens is 352 g/mol. The highest BCUT2D eigenvalue weighted by atomic mass is 16.5. The third kappa shape index (κ3) is 3.45. The Labute approximate surface area is 153 Å². The van der Waals surface area contributed by atoms with Gasteiger partial charge in [0.25, 0.3) is 11.8 Å². The summed E-state index contributed by atoms with van der Waals surface area (Å²) in [7, 11) is 2.82. The van der Waals surface area contributed by atoms with E-state index in [0.717, 1.165) is 6.07 Å². The minimum atomic E-state index is -0.772. The fraction of sp³-hybridized carbons (Fsp3) is 0.105. The average Bonchev–Trinajstić information content (AvgIpc) is 2.67. The van der Waals surface area contributed by atoms with E-state index in [9.17, 15) is 14.4 Å². The van der Waals surface area contributed by atoms with Gasteiger partial charge in [0, 0.05) is 12.1 Å². The predicted octanol–water partition coefficient (Wildman–Crippen LogP) is 2.16. The predicted molar refractivity (Wildman–Crippen MR) is 98.5 cm³/mol. The number of benzene rings is 2. The summed E-state index contributed by atoms with van der Waals surface area (Å²) in [5, 5.41) is 2.88. The molecule has 1 aromatic heterocycles. The van der Waals surface area contributed by atoms with Crippen LogP contribution in [0.15, 0.2) is 51.7 Å².